The third-order valence-corrected chi connectivity index (χ3v) is 6.00. The summed E-state index contributed by atoms with van der Waals surface area (Å²) >= 11 is 9.07. The number of hydrogen-bond donors (Lipinski definition) is 0. The highest BCUT2D eigenvalue weighted by molar-refractivity contribution is 9.10. The molecule has 1 aliphatic rings. The molecule has 6 heteroatoms. The quantitative estimate of drug-likeness (QED) is 0.325. The molecule has 0 aliphatic carbocycles. The van der Waals surface area contributed by atoms with Crippen LogP contribution in [0.4, 0.5) is 5.69 Å². The Balaban J connectivity index is 1.64. The fraction of sp³-hybridized carbons (Fsp3) is 0.120. The Morgan fingerprint density at radius 1 is 1.03 bits per heavy atom. The summed E-state index contributed by atoms with van der Waals surface area (Å²) in [6, 6.07) is 23.4. The lowest BCUT2D eigenvalue weighted by Crippen LogP contribution is -2.30. The van der Waals surface area contributed by atoms with Gasteiger partial charge in [0.05, 0.1) is 5.69 Å². The molecule has 4 rings (SSSR count). The first-order chi connectivity index (χ1) is 14.9. The molecule has 1 heterocycles. The number of thiocarbonyl (C=S) groups is 1. The Morgan fingerprint density at radius 3 is 2.45 bits per heavy atom. The van der Waals surface area contributed by atoms with Crippen LogP contribution in [-0.2, 0) is 11.4 Å². The van der Waals surface area contributed by atoms with Crippen molar-refractivity contribution < 1.29 is 9.53 Å². The summed E-state index contributed by atoms with van der Waals surface area (Å²) in [6.45, 7) is 2.50. The Bertz CT molecular complexity index is 1160. The molecule has 3 aromatic rings. The van der Waals surface area contributed by atoms with E-state index in [0.717, 1.165) is 21.3 Å². The van der Waals surface area contributed by atoms with Gasteiger partial charge >= 0.3 is 0 Å². The predicted molar refractivity (Wildman–Crippen MR) is 132 cm³/mol. The Kier molecular flexibility index (Phi) is 6.20. The molecule has 0 atom stereocenters. The van der Waals surface area contributed by atoms with E-state index in [4.69, 9.17) is 17.0 Å². The van der Waals surface area contributed by atoms with Crippen molar-refractivity contribution in [2.24, 2.45) is 0 Å². The van der Waals surface area contributed by atoms with Crippen molar-refractivity contribution in [2.75, 3.05) is 11.9 Å². The van der Waals surface area contributed by atoms with Crippen LogP contribution >= 0.6 is 28.1 Å². The number of likely N-dealkylation sites (N-methyl/N-ethyl adjacent to an activating group) is 1. The number of anilines is 1. The average Bonchev–Trinajstić information content (AvgIpc) is 2.98. The number of rotatable bonds is 5. The van der Waals surface area contributed by atoms with E-state index in [2.05, 4.69) is 47.1 Å². The predicted octanol–water partition coefficient (Wildman–Crippen LogP) is 5.94. The minimum atomic E-state index is -0.164. The molecular weight excluding hydrogens is 472 g/mol. The molecular formula is C25H21BrN2O2S. The summed E-state index contributed by atoms with van der Waals surface area (Å²) in [6.07, 6.45) is 1.83. The SMILES string of the molecule is Cc1ccc(COc2ccc(Br)cc2/C=C2/C(=O)N(c3ccccc3)C(=S)N2C)cc1. The van der Waals surface area contributed by atoms with Gasteiger partial charge in [-0.15, -0.1) is 0 Å². The molecule has 1 amide bonds. The van der Waals surface area contributed by atoms with Gasteiger partial charge in [-0.2, -0.15) is 0 Å². The maximum atomic E-state index is 13.2. The smallest absolute Gasteiger partial charge is 0.281 e. The van der Waals surface area contributed by atoms with Gasteiger partial charge < -0.3 is 9.64 Å². The molecule has 0 spiro atoms. The van der Waals surface area contributed by atoms with Gasteiger partial charge in [-0.05, 0) is 61.1 Å². The number of carbonyl (C=O) groups is 1. The highest BCUT2D eigenvalue weighted by Gasteiger charge is 2.36. The molecule has 31 heavy (non-hydrogen) atoms. The van der Waals surface area contributed by atoms with Gasteiger partial charge in [-0.1, -0.05) is 64.0 Å². The zero-order chi connectivity index (χ0) is 22.0. The van der Waals surface area contributed by atoms with Crippen molar-refractivity contribution in [1.29, 1.82) is 0 Å². The summed E-state index contributed by atoms with van der Waals surface area (Å²) in [5, 5.41) is 0.444. The third kappa shape index (κ3) is 4.55. The van der Waals surface area contributed by atoms with Gasteiger partial charge in [-0.25, -0.2) is 0 Å². The first kappa shape index (κ1) is 21.3. The van der Waals surface area contributed by atoms with Crippen LogP contribution in [0, 0.1) is 6.92 Å². The molecule has 0 unspecified atom stereocenters. The van der Waals surface area contributed by atoms with Gasteiger partial charge in [0.1, 0.15) is 18.1 Å². The van der Waals surface area contributed by atoms with E-state index in [0.29, 0.717) is 23.2 Å². The van der Waals surface area contributed by atoms with Crippen LogP contribution in [-0.4, -0.2) is 23.0 Å². The summed E-state index contributed by atoms with van der Waals surface area (Å²) < 4.78 is 7.00. The number of halogens is 1. The standard InChI is InChI=1S/C25H21BrN2O2S/c1-17-8-10-18(11-9-17)16-30-23-13-12-20(26)14-19(23)15-22-24(29)28(25(31)27(22)2)21-6-4-3-5-7-21/h3-15H,16H2,1-2H3/b22-15-. The van der Waals surface area contributed by atoms with Gasteiger partial charge in [0.2, 0.25) is 0 Å². The third-order valence-electron chi connectivity index (χ3n) is 5.06. The van der Waals surface area contributed by atoms with Crippen LogP contribution in [0.15, 0.2) is 83.0 Å². The number of nitrogens with zero attached hydrogens (tertiary/aromatic N) is 2. The zero-order valence-electron chi connectivity index (χ0n) is 17.2. The molecule has 0 N–H and O–H groups in total. The van der Waals surface area contributed by atoms with Crippen LogP contribution in [0.2, 0.25) is 0 Å². The topological polar surface area (TPSA) is 32.8 Å². The second kappa shape index (κ2) is 9.04. The number of benzene rings is 3. The van der Waals surface area contributed by atoms with Crippen molar-refractivity contribution in [3.8, 4) is 5.75 Å². The maximum Gasteiger partial charge on any atom is 0.281 e. The van der Waals surface area contributed by atoms with Gasteiger partial charge in [0.25, 0.3) is 5.91 Å². The van der Waals surface area contributed by atoms with Crippen LogP contribution in [0.5, 0.6) is 5.75 Å². The molecule has 1 aliphatic heterocycles. The van der Waals surface area contributed by atoms with Crippen LogP contribution in [0.3, 0.4) is 0 Å². The number of carbonyl (C=O) groups excluding carboxylic acids is 1. The lowest BCUT2D eigenvalue weighted by Gasteiger charge is -2.16. The zero-order valence-corrected chi connectivity index (χ0v) is 19.6. The van der Waals surface area contributed by atoms with Crippen molar-refractivity contribution in [1.82, 2.24) is 4.90 Å². The second-order valence-corrected chi connectivity index (χ2v) is 8.58. The summed E-state index contributed by atoms with van der Waals surface area (Å²) in [7, 11) is 1.81. The van der Waals surface area contributed by atoms with Gasteiger partial charge in [0.15, 0.2) is 5.11 Å². The lowest BCUT2D eigenvalue weighted by molar-refractivity contribution is -0.114. The van der Waals surface area contributed by atoms with Gasteiger partial charge in [-0.3, -0.25) is 9.69 Å². The number of aryl methyl sites for hydroxylation is 1. The summed E-state index contributed by atoms with van der Waals surface area (Å²) in [4.78, 5) is 16.5. The van der Waals surface area contributed by atoms with E-state index < -0.39 is 0 Å². The maximum absolute atomic E-state index is 13.2. The molecule has 0 aromatic heterocycles. The van der Waals surface area contributed by atoms with E-state index in [1.54, 1.807) is 16.8 Å². The molecule has 4 nitrogen and oxygen atoms in total. The van der Waals surface area contributed by atoms with E-state index in [9.17, 15) is 4.79 Å². The summed E-state index contributed by atoms with van der Waals surface area (Å²) in [5.41, 5.74) is 4.33. The molecule has 0 saturated carbocycles. The van der Waals surface area contributed by atoms with Crippen molar-refractivity contribution in [3.05, 3.63) is 99.7 Å². The number of hydrogen-bond acceptors (Lipinski definition) is 3. The number of amides is 1. The van der Waals surface area contributed by atoms with E-state index in [1.807, 2.05) is 54.6 Å². The highest BCUT2D eigenvalue weighted by Crippen LogP contribution is 2.31. The first-order valence-corrected chi connectivity index (χ1v) is 11.0. The fourth-order valence-electron chi connectivity index (χ4n) is 3.32. The fourth-order valence-corrected chi connectivity index (χ4v) is 3.98. The molecule has 156 valence electrons. The second-order valence-electron chi connectivity index (χ2n) is 7.30. The molecule has 1 fully saturated rings. The Labute approximate surface area is 195 Å². The number of ether oxygens (including phenoxy) is 1. The number of para-hydroxylation sites is 1. The van der Waals surface area contributed by atoms with Crippen molar-refractivity contribution >= 4 is 50.9 Å². The Morgan fingerprint density at radius 2 is 1.74 bits per heavy atom. The van der Waals surface area contributed by atoms with Crippen LogP contribution in [0.1, 0.15) is 16.7 Å². The van der Waals surface area contributed by atoms with E-state index >= 15 is 0 Å². The minimum Gasteiger partial charge on any atom is -0.488 e. The van der Waals surface area contributed by atoms with Crippen LogP contribution < -0.4 is 9.64 Å². The monoisotopic (exact) mass is 492 g/mol. The minimum absolute atomic E-state index is 0.164. The van der Waals surface area contributed by atoms with Crippen molar-refractivity contribution in [3.63, 3.8) is 0 Å². The molecule has 3 aromatic carbocycles. The highest BCUT2D eigenvalue weighted by atomic mass is 79.9. The van der Waals surface area contributed by atoms with Gasteiger partial charge in [0, 0.05) is 17.1 Å². The molecule has 1 saturated heterocycles. The van der Waals surface area contributed by atoms with E-state index in [-0.39, 0.29) is 5.91 Å². The first-order valence-electron chi connectivity index (χ1n) is 9.81. The molecule has 0 radical (unpaired) electrons. The Hall–Kier alpha value is -2.96. The summed E-state index contributed by atoms with van der Waals surface area (Å²) in [5.74, 6) is 0.532. The molecule has 0 bridgehead atoms. The van der Waals surface area contributed by atoms with Crippen molar-refractivity contribution in [2.45, 2.75) is 13.5 Å². The normalized spacial score (nSPS) is 15.1. The lowest BCUT2D eigenvalue weighted by atomic mass is 10.1. The van der Waals surface area contributed by atoms with E-state index in [1.165, 1.54) is 5.56 Å². The average molecular weight is 493 g/mol. The largest absolute Gasteiger partial charge is 0.488 e. The van der Waals surface area contributed by atoms with Crippen LogP contribution in [0.25, 0.3) is 6.08 Å².